The number of carbonyl (C=O) groups is 1. The maximum Gasteiger partial charge on any atom is 0.264 e. The Morgan fingerprint density at radius 1 is 1.16 bits per heavy atom. The van der Waals surface area contributed by atoms with Gasteiger partial charge in [-0.05, 0) is 30.7 Å². The molecule has 25 heavy (non-hydrogen) atoms. The van der Waals surface area contributed by atoms with Crippen molar-refractivity contribution in [1.82, 2.24) is 20.3 Å². The summed E-state index contributed by atoms with van der Waals surface area (Å²) < 4.78 is 13.1. The second-order valence-corrected chi connectivity index (χ2v) is 5.81. The topological polar surface area (TPSA) is 78.3 Å². The molecule has 0 aliphatic carbocycles. The zero-order valence-electron chi connectivity index (χ0n) is 13.6. The fourth-order valence-electron chi connectivity index (χ4n) is 2.79. The SMILES string of the molecule is O=C(NCCCn1nnc2ccccc21)C1COc2ccccc2O1. The Morgan fingerprint density at radius 3 is 2.88 bits per heavy atom. The Kier molecular flexibility index (Phi) is 4.20. The van der Waals surface area contributed by atoms with Crippen LogP contribution in [0, 0.1) is 0 Å². The third-order valence-corrected chi connectivity index (χ3v) is 4.07. The van der Waals surface area contributed by atoms with E-state index in [1.807, 2.05) is 47.1 Å². The minimum absolute atomic E-state index is 0.169. The van der Waals surface area contributed by atoms with Crippen molar-refractivity contribution in [3.63, 3.8) is 0 Å². The van der Waals surface area contributed by atoms with Gasteiger partial charge in [0, 0.05) is 13.1 Å². The predicted molar refractivity (Wildman–Crippen MR) is 91.5 cm³/mol. The van der Waals surface area contributed by atoms with Gasteiger partial charge in [-0.1, -0.05) is 29.5 Å². The molecule has 2 heterocycles. The van der Waals surface area contributed by atoms with Crippen LogP contribution in [0.15, 0.2) is 48.5 Å². The number of fused-ring (bicyclic) bond motifs is 2. The monoisotopic (exact) mass is 338 g/mol. The lowest BCUT2D eigenvalue weighted by molar-refractivity contribution is -0.130. The first-order valence-electron chi connectivity index (χ1n) is 8.26. The summed E-state index contributed by atoms with van der Waals surface area (Å²) in [5, 5.41) is 11.1. The first kappa shape index (κ1) is 15.4. The minimum Gasteiger partial charge on any atom is -0.485 e. The molecule has 0 fully saturated rings. The third-order valence-electron chi connectivity index (χ3n) is 4.07. The summed E-state index contributed by atoms with van der Waals surface area (Å²) in [4.78, 5) is 12.2. The summed E-state index contributed by atoms with van der Waals surface area (Å²) in [5.41, 5.74) is 1.87. The van der Waals surface area contributed by atoms with E-state index in [0.29, 0.717) is 24.6 Å². The molecule has 3 aromatic rings. The van der Waals surface area contributed by atoms with Crippen molar-refractivity contribution < 1.29 is 14.3 Å². The Hall–Kier alpha value is -3.09. The summed E-state index contributed by atoms with van der Waals surface area (Å²) >= 11 is 0. The van der Waals surface area contributed by atoms with E-state index in [9.17, 15) is 4.79 Å². The molecule has 0 radical (unpaired) electrons. The van der Waals surface area contributed by atoms with Gasteiger partial charge < -0.3 is 14.8 Å². The molecule has 7 heteroatoms. The van der Waals surface area contributed by atoms with Crippen molar-refractivity contribution in [2.24, 2.45) is 0 Å². The summed E-state index contributed by atoms with van der Waals surface area (Å²) in [5.74, 6) is 1.10. The number of aryl methyl sites for hydroxylation is 1. The van der Waals surface area contributed by atoms with Gasteiger partial charge in [-0.3, -0.25) is 4.79 Å². The molecule has 1 aromatic heterocycles. The van der Waals surface area contributed by atoms with Gasteiger partial charge >= 0.3 is 0 Å². The molecule has 1 N–H and O–H groups in total. The van der Waals surface area contributed by atoms with E-state index in [4.69, 9.17) is 9.47 Å². The maximum atomic E-state index is 12.2. The highest BCUT2D eigenvalue weighted by atomic mass is 16.6. The van der Waals surface area contributed by atoms with Gasteiger partial charge in [-0.15, -0.1) is 5.10 Å². The predicted octanol–water partition coefficient (Wildman–Crippen LogP) is 1.78. The molecule has 0 saturated carbocycles. The molecular weight excluding hydrogens is 320 g/mol. The molecule has 4 rings (SSSR count). The molecule has 1 amide bonds. The highest BCUT2D eigenvalue weighted by Gasteiger charge is 2.26. The molecule has 0 bridgehead atoms. The van der Waals surface area contributed by atoms with Crippen LogP contribution >= 0.6 is 0 Å². The van der Waals surface area contributed by atoms with Crippen LogP contribution in [0.3, 0.4) is 0 Å². The lowest BCUT2D eigenvalue weighted by Gasteiger charge is -2.25. The van der Waals surface area contributed by atoms with E-state index in [0.717, 1.165) is 17.5 Å². The zero-order chi connectivity index (χ0) is 17.1. The zero-order valence-corrected chi connectivity index (χ0v) is 13.6. The van der Waals surface area contributed by atoms with Gasteiger partial charge in [0.1, 0.15) is 12.1 Å². The number of benzene rings is 2. The summed E-state index contributed by atoms with van der Waals surface area (Å²) in [6.45, 7) is 1.44. The molecule has 2 aromatic carbocycles. The maximum absolute atomic E-state index is 12.2. The van der Waals surface area contributed by atoms with Crippen LogP contribution in [0.5, 0.6) is 11.5 Å². The van der Waals surface area contributed by atoms with Crippen molar-refractivity contribution >= 4 is 16.9 Å². The van der Waals surface area contributed by atoms with E-state index >= 15 is 0 Å². The average molecular weight is 338 g/mol. The molecule has 0 saturated heterocycles. The van der Waals surface area contributed by atoms with Crippen LogP contribution in [-0.2, 0) is 11.3 Å². The second kappa shape index (κ2) is 6.80. The number of nitrogens with zero attached hydrogens (tertiary/aromatic N) is 3. The van der Waals surface area contributed by atoms with Gasteiger partial charge in [0.05, 0.1) is 5.52 Å². The number of para-hydroxylation sites is 3. The highest BCUT2D eigenvalue weighted by Crippen LogP contribution is 2.30. The number of carbonyl (C=O) groups excluding carboxylic acids is 1. The van der Waals surface area contributed by atoms with Crippen molar-refractivity contribution in [3.8, 4) is 11.5 Å². The Bertz CT molecular complexity index is 893. The van der Waals surface area contributed by atoms with E-state index < -0.39 is 6.10 Å². The first-order valence-corrected chi connectivity index (χ1v) is 8.26. The van der Waals surface area contributed by atoms with Crippen molar-refractivity contribution in [2.45, 2.75) is 19.1 Å². The van der Waals surface area contributed by atoms with Gasteiger partial charge in [0.15, 0.2) is 11.5 Å². The summed E-state index contributed by atoms with van der Waals surface area (Å²) in [7, 11) is 0. The Labute approximate surface area is 144 Å². The normalized spacial score (nSPS) is 15.9. The summed E-state index contributed by atoms with van der Waals surface area (Å²) in [6, 6.07) is 15.2. The average Bonchev–Trinajstić information content (AvgIpc) is 3.08. The highest BCUT2D eigenvalue weighted by molar-refractivity contribution is 5.81. The van der Waals surface area contributed by atoms with Crippen LogP contribution in [0.4, 0.5) is 0 Å². The van der Waals surface area contributed by atoms with E-state index in [-0.39, 0.29) is 12.5 Å². The van der Waals surface area contributed by atoms with E-state index in [1.165, 1.54) is 0 Å². The van der Waals surface area contributed by atoms with Crippen LogP contribution in [0.1, 0.15) is 6.42 Å². The molecular formula is C18H18N4O3. The number of hydrogen-bond donors (Lipinski definition) is 1. The number of aromatic nitrogens is 3. The molecule has 128 valence electrons. The van der Waals surface area contributed by atoms with E-state index in [1.54, 1.807) is 6.07 Å². The fraction of sp³-hybridized carbons (Fsp3) is 0.278. The largest absolute Gasteiger partial charge is 0.485 e. The summed E-state index contributed by atoms with van der Waals surface area (Å²) in [6.07, 6.45) is 0.130. The van der Waals surface area contributed by atoms with Crippen LogP contribution in [0.25, 0.3) is 11.0 Å². The number of hydrogen-bond acceptors (Lipinski definition) is 5. The molecule has 1 aliphatic rings. The van der Waals surface area contributed by atoms with Crippen molar-refractivity contribution in [1.29, 1.82) is 0 Å². The fourth-order valence-corrected chi connectivity index (χ4v) is 2.79. The lowest BCUT2D eigenvalue weighted by atomic mass is 10.2. The molecule has 1 unspecified atom stereocenters. The number of ether oxygens (including phenoxy) is 2. The minimum atomic E-state index is -0.623. The quantitative estimate of drug-likeness (QED) is 0.718. The van der Waals surface area contributed by atoms with Gasteiger partial charge in [0.25, 0.3) is 5.91 Å². The van der Waals surface area contributed by atoms with Gasteiger partial charge in [0.2, 0.25) is 6.10 Å². The Morgan fingerprint density at radius 2 is 1.96 bits per heavy atom. The molecule has 1 atom stereocenters. The molecule has 7 nitrogen and oxygen atoms in total. The van der Waals surface area contributed by atoms with Crippen LogP contribution in [-0.4, -0.2) is 40.2 Å². The smallest absolute Gasteiger partial charge is 0.264 e. The molecule has 1 aliphatic heterocycles. The second-order valence-electron chi connectivity index (χ2n) is 5.81. The standard InChI is InChI=1S/C18H18N4O3/c23-18(17-12-24-15-8-3-4-9-16(15)25-17)19-10-5-11-22-14-7-2-1-6-13(14)20-21-22/h1-4,6-9,17H,5,10-12H2,(H,19,23). The van der Waals surface area contributed by atoms with Crippen molar-refractivity contribution in [2.75, 3.05) is 13.2 Å². The van der Waals surface area contributed by atoms with Crippen LogP contribution in [0.2, 0.25) is 0 Å². The number of nitrogens with one attached hydrogen (secondary N) is 1. The van der Waals surface area contributed by atoms with Crippen molar-refractivity contribution in [3.05, 3.63) is 48.5 Å². The van der Waals surface area contributed by atoms with Crippen LogP contribution < -0.4 is 14.8 Å². The number of amides is 1. The Balaban J connectivity index is 1.27. The van der Waals surface area contributed by atoms with Gasteiger partial charge in [-0.2, -0.15) is 0 Å². The number of rotatable bonds is 5. The first-order chi connectivity index (χ1) is 12.3. The van der Waals surface area contributed by atoms with E-state index in [2.05, 4.69) is 15.6 Å². The lowest BCUT2D eigenvalue weighted by Crippen LogP contribution is -2.44. The van der Waals surface area contributed by atoms with Gasteiger partial charge in [-0.25, -0.2) is 4.68 Å². The molecule has 0 spiro atoms. The third kappa shape index (κ3) is 3.26.